The van der Waals surface area contributed by atoms with Crippen LogP contribution in [-0.2, 0) is 5.41 Å². The van der Waals surface area contributed by atoms with Gasteiger partial charge in [-0.25, -0.2) is 0 Å². The van der Waals surface area contributed by atoms with E-state index in [0.717, 1.165) is 0 Å². The van der Waals surface area contributed by atoms with Gasteiger partial charge in [-0.3, -0.25) is 0 Å². The quantitative estimate of drug-likeness (QED) is 0.190. The summed E-state index contributed by atoms with van der Waals surface area (Å²) < 4.78 is 0. The highest BCUT2D eigenvalue weighted by atomic mass is 15.2. The van der Waals surface area contributed by atoms with Crippen LogP contribution in [0, 0.1) is 0 Å². The van der Waals surface area contributed by atoms with E-state index in [9.17, 15) is 0 Å². The van der Waals surface area contributed by atoms with Crippen molar-refractivity contribution in [1.82, 2.24) is 0 Å². The van der Waals surface area contributed by atoms with Crippen LogP contribution in [0.3, 0.4) is 0 Å². The molecule has 0 amide bonds. The summed E-state index contributed by atoms with van der Waals surface area (Å²) in [6.45, 7) is 0.150. The van der Waals surface area contributed by atoms with Gasteiger partial charge in [0, 0.05) is 39.5 Å². The third kappa shape index (κ3) is 3.41. The Balaban J connectivity index is 1.31. The summed E-state index contributed by atoms with van der Waals surface area (Å²) in [6, 6.07) is 52.4. The molecular formula is C42H33BN2. The second kappa shape index (κ2) is 9.49. The minimum atomic E-state index is 0.112. The number of rotatable bonds is 2. The molecule has 2 aliphatic heterocycles. The molecule has 6 aromatic rings. The SMILES string of the molecule is c1ccc(N2c3ccccc3B3c4cc5c(cc4N(c4ccccc4)c4cccc2c43)-c2ccccc2C52CCCCC2)cc1. The highest BCUT2D eigenvalue weighted by molar-refractivity contribution is 7.00. The summed E-state index contributed by atoms with van der Waals surface area (Å²) in [5.41, 5.74) is 17.8. The van der Waals surface area contributed by atoms with Crippen LogP contribution in [0.2, 0.25) is 0 Å². The van der Waals surface area contributed by atoms with Crippen LogP contribution in [0.4, 0.5) is 34.1 Å². The third-order valence-electron chi connectivity index (χ3n) is 11.0. The molecule has 0 aromatic heterocycles. The third-order valence-corrected chi connectivity index (χ3v) is 11.0. The summed E-state index contributed by atoms with van der Waals surface area (Å²) in [4.78, 5) is 5.02. The fourth-order valence-corrected chi connectivity index (χ4v) is 9.23. The van der Waals surface area contributed by atoms with Crippen molar-refractivity contribution in [3.05, 3.63) is 151 Å². The molecule has 0 atom stereocenters. The Morgan fingerprint density at radius 3 is 1.78 bits per heavy atom. The highest BCUT2D eigenvalue weighted by Crippen LogP contribution is 2.57. The molecule has 45 heavy (non-hydrogen) atoms. The van der Waals surface area contributed by atoms with Gasteiger partial charge in [0.25, 0.3) is 6.71 Å². The smallest absolute Gasteiger partial charge is 0.252 e. The number of hydrogen-bond acceptors (Lipinski definition) is 2. The molecule has 4 aliphatic rings. The zero-order valence-corrected chi connectivity index (χ0v) is 25.3. The van der Waals surface area contributed by atoms with Crippen molar-refractivity contribution in [1.29, 1.82) is 0 Å². The van der Waals surface area contributed by atoms with Gasteiger partial charge in [-0.2, -0.15) is 0 Å². The standard InChI is InChI=1S/C42H33BN2/c1-4-15-29(16-5-1)44-37-22-11-10-21-35(37)43-36-28-34-32(31-19-8-9-20-33(31)42(34)25-12-3-13-26-42)27-40(36)45(30-17-6-2-7-18-30)39-24-14-23-38(44)41(39)43/h1-2,4-11,14-24,27-28H,3,12-13,25-26H2. The fourth-order valence-electron chi connectivity index (χ4n) is 9.23. The maximum Gasteiger partial charge on any atom is 0.252 e. The lowest BCUT2D eigenvalue weighted by atomic mass is 9.33. The van der Waals surface area contributed by atoms with Gasteiger partial charge in [-0.1, -0.05) is 110 Å². The van der Waals surface area contributed by atoms with E-state index in [1.165, 1.54) is 93.7 Å². The number of anilines is 6. The Labute approximate surface area is 265 Å². The van der Waals surface area contributed by atoms with Crippen molar-refractivity contribution in [2.45, 2.75) is 37.5 Å². The van der Waals surface area contributed by atoms with Gasteiger partial charge in [-0.05, 0) is 100 Å². The normalized spacial score (nSPS) is 16.5. The molecule has 10 rings (SSSR count). The van der Waals surface area contributed by atoms with Crippen LogP contribution in [-0.4, -0.2) is 6.71 Å². The molecule has 0 unspecified atom stereocenters. The second-order valence-electron chi connectivity index (χ2n) is 13.2. The molecule has 3 heteroatoms. The van der Waals surface area contributed by atoms with Crippen LogP contribution in [0.25, 0.3) is 11.1 Å². The van der Waals surface area contributed by atoms with Crippen molar-refractivity contribution in [3.8, 4) is 11.1 Å². The average molecular weight is 577 g/mol. The van der Waals surface area contributed by atoms with Crippen LogP contribution in [0.1, 0.15) is 43.2 Å². The van der Waals surface area contributed by atoms with Crippen LogP contribution < -0.4 is 26.2 Å². The predicted molar refractivity (Wildman–Crippen MR) is 190 cm³/mol. The van der Waals surface area contributed by atoms with E-state index in [1.54, 1.807) is 11.1 Å². The maximum atomic E-state index is 2.66. The van der Waals surface area contributed by atoms with E-state index in [1.807, 2.05) is 0 Å². The molecule has 2 heterocycles. The van der Waals surface area contributed by atoms with Crippen LogP contribution in [0.15, 0.2) is 140 Å². The Hall–Kier alpha value is -5.02. The molecule has 1 saturated carbocycles. The minimum absolute atomic E-state index is 0.112. The van der Waals surface area contributed by atoms with Gasteiger partial charge in [0.1, 0.15) is 0 Å². The molecule has 0 saturated heterocycles. The summed E-state index contributed by atoms with van der Waals surface area (Å²) >= 11 is 0. The molecule has 0 N–H and O–H groups in total. The van der Waals surface area contributed by atoms with Crippen LogP contribution in [0.5, 0.6) is 0 Å². The largest absolute Gasteiger partial charge is 0.311 e. The monoisotopic (exact) mass is 576 g/mol. The maximum absolute atomic E-state index is 2.66. The van der Waals surface area contributed by atoms with E-state index in [4.69, 9.17) is 0 Å². The average Bonchev–Trinajstić information content (AvgIpc) is 3.36. The van der Waals surface area contributed by atoms with Gasteiger partial charge < -0.3 is 9.80 Å². The Bertz CT molecular complexity index is 2110. The number of para-hydroxylation sites is 3. The molecule has 0 radical (unpaired) electrons. The molecule has 1 fully saturated rings. The fraction of sp³-hybridized carbons (Fsp3) is 0.143. The van der Waals surface area contributed by atoms with E-state index in [0.29, 0.717) is 0 Å². The lowest BCUT2D eigenvalue weighted by molar-refractivity contribution is 0.353. The zero-order valence-electron chi connectivity index (χ0n) is 25.3. The molecule has 2 nitrogen and oxygen atoms in total. The number of fused-ring (bicyclic) bond motifs is 9. The molecule has 2 aliphatic carbocycles. The van der Waals surface area contributed by atoms with E-state index in [-0.39, 0.29) is 12.1 Å². The van der Waals surface area contributed by atoms with Crippen LogP contribution >= 0.6 is 0 Å². The summed E-state index contributed by atoms with van der Waals surface area (Å²) in [6.07, 6.45) is 6.42. The topological polar surface area (TPSA) is 6.48 Å². The van der Waals surface area contributed by atoms with Crippen molar-refractivity contribution in [3.63, 3.8) is 0 Å². The van der Waals surface area contributed by atoms with Crippen molar-refractivity contribution in [2.24, 2.45) is 0 Å². The highest BCUT2D eigenvalue weighted by Gasteiger charge is 2.48. The summed E-state index contributed by atoms with van der Waals surface area (Å²) in [5.74, 6) is 0. The van der Waals surface area contributed by atoms with Gasteiger partial charge in [0.15, 0.2) is 0 Å². The van der Waals surface area contributed by atoms with Gasteiger partial charge in [0.05, 0.1) is 0 Å². The van der Waals surface area contributed by atoms with Crippen molar-refractivity contribution in [2.75, 3.05) is 9.80 Å². The zero-order chi connectivity index (χ0) is 29.5. The summed E-state index contributed by atoms with van der Waals surface area (Å²) in [7, 11) is 0. The summed E-state index contributed by atoms with van der Waals surface area (Å²) in [5, 5.41) is 0. The Kier molecular flexibility index (Phi) is 5.34. The molecule has 0 bridgehead atoms. The molecule has 214 valence electrons. The van der Waals surface area contributed by atoms with E-state index < -0.39 is 0 Å². The van der Waals surface area contributed by atoms with Crippen molar-refractivity contribution >= 4 is 57.2 Å². The van der Waals surface area contributed by atoms with Gasteiger partial charge >= 0.3 is 0 Å². The lowest BCUT2D eigenvalue weighted by Gasteiger charge is -2.44. The Morgan fingerprint density at radius 1 is 0.444 bits per heavy atom. The first-order chi connectivity index (χ1) is 22.3. The first kappa shape index (κ1) is 25.3. The number of hydrogen-bond donors (Lipinski definition) is 0. The second-order valence-corrected chi connectivity index (χ2v) is 13.2. The van der Waals surface area contributed by atoms with E-state index >= 15 is 0 Å². The van der Waals surface area contributed by atoms with Gasteiger partial charge in [0.2, 0.25) is 0 Å². The van der Waals surface area contributed by atoms with E-state index in [2.05, 4.69) is 149 Å². The minimum Gasteiger partial charge on any atom is -0.311 e. The molecular weight excluding hydrogens is 543 g/mol. The van der Waals surface area contributed by atoms with Gasteiger partial charge in [-0.15, -0.1) is 0 Å². The predicted octanol–water partition coefficient (Wildman–Crippen LogP) is 9.00. The van der Waals surface area contributed by atoms with Crippen molar-refractivity contribution < 1.29 is 0 Å². The first-order valence-corrected chi connectivity index (χ1v) is 16.5. The lowest BCUT2D eigenvalue weighted by Crippen LogP contribution is -2.61. The molecule has 1 spiro atoms. The number of nitrogens with zero attached hydrogens (tertiary/aromatic N) is 2. The first-order valence-electron chi connectivity index (χ1n) is 16.5. The Morgan fingerprint density at radius 2 is 1.04 bits per heavy atom. The number of benzene rings is 6. The molecule has 6 aromatic carbocycles.